The van der Waals surface area contributed by atoms with Crippen LogP contribution in [0.1, 0.15) is 17.4 Å². The van der Waals surface area contributed by atoms with E-state index in [2.05, 4.69) is 15.0 Å². The third kappa shape index (κ3) is 3.47. The predicted molar refractivity (Wildman–Crippen MR) is 97.8 cm³/mol. The molecular weight excluding hydrogens is 322 g/mol. The van der Waals surface area contributed by atoms with Gasteiger partial charge in [0.2, 0.25) is 0 Å². The highest BCUT2D eigenvalue weighted by atomic mass is 32.1. The van der Waals surface area contributed by atoms with E-state index in [-0.39, 0.29) is 5.91 Å². The Labute approximate surface area is 145 Å². The molecule has 0 bridgehead atoms. The molecule has 1 aromatic carbocycles. The summed E-state index contributed by atoms with van der Waals surface area (Å²) in [5.41, 5.74) is 1.37. The van der Waals surface area contributed by atoms with E-state index >= 15 is 0 Å². The number of hydrogen-bond donors (Lipinski definition) is 0. The van der Waals surface area contributed by atoms with Gasteiger partial charge in [0.25, 0.3) is 5.91 Å². The van der Waals surface area contributed by atoms with E-state index in [4.69, 9.17) is 0 Å². The van der Waals surface area contributed by atoms with E-state index in [9.17, 15) is 4.79 Å². The highest BCUT2D eigenvalue weighted by Crippen LogP contribution is 2.29. The first-order valence-electron chi connectivity index (χ1n) is 7.94. The fourth-order valence-electron chi connectivity index (χ4n) is 2.35. The first-order chi connectivity index (χ1) is 11.6. The smallest absolute Gasteiger partial charge is 0.280 e. The zero-order chi connectivity index (χ0) is 17.1. The number of rotatable bonds is 6. The first kappa shape index (κ1) is 16.6. The van der Waals surface area contributed by atoms with Gasteiger partial charge in [0.1, 0.15) is 0 Å². The molecule has 6 nitrogen and oxygen atoms in total. The van der Waals surface area contributed by atoms with Crippen LogP contribution in [0.15, 0.2) is 36.5 Å². The SMILES string of the molecule is CCn1ccc(C(=O)N(CCN(C)C)c2nc3ccccc3s2)n1. The summed E-state index contributed by atoms with van der Waals surface area (Å²) in [4.78, 5) is 21.4. The largest absolute Gasteiger partial charge is 0.308 e. The van der Waals surface area contributed by atoms with Crippen molar-refractivity contribution in [2.45, 2.75) is 13.5 Å². The zero-order valence-electron chi connectivity index (χ0n) is 14.1. The lowest BCUT2D eigenvalue weighted by Gasteiger charge is -2.21. The summed E-state index contributed by atoms with van der Waals surface area (Å²) in [7, 11) is 3.99. The molecule has 3 aromatic rings. The Morgan fingerprint density at radius 2 is 2.00 bits per heavy atom. The van der Waals surface area contributed by atoms with Crippen LogP contribution in [0.3, 0.4) is 0 Å². The summed E-state index contributed by atoms with van der Waals surface area (Å²) in [6.07, 6.45) is 1.83. The molecule has 0 aliphatic heterocycles. The average molecular weight is 343 g/mol. The van der Waals surface area contributed by atoms with E-state index in [1.165, 1.54) is 11.3 Å². The molecular formula is C17H21N5OS. The quantitative estimate of drug-likeness (QED) is 0.690. The lowest BCUT2D eigenvalue weighted by Crippen LogP contribution is -2.37. The number of benzene rings is 1. The fourth-order valence-corrected chi connectivity index (χ4v) is 3.34. The molecule has 0 atom stereocenters. The van der Waals surface area contributed by atoms with E-state index in [1.807, 2.05) is 51.5 Å². The van der Waals surface area contributed by atoms with Gasteiger partial charge >= 0.3 is 0 Å². The Morgan fingerprint density at radius 3 is 2.67 bits per heavy atom. The average Bonchev–Trinajstić information content (AvgIpc) is 3.21. The van der Waals surface area contributed by atoms with Gasteiger partial charge in [0.15, 0.2) is 10.8 Å². The second-order valence-electron chi connectivity index (χ2n) is 5.78. The summed E-state index contributed by atoms with van der Waals surface area (Å²) >= 11 is 1.53. The minimum atomic E-state index is -0.108. The Kier molecular flexibility index (Phi) is 4.92. The number of aromatic nitrogens is 3. The van der Waals surface area contributed by atoms with Crippen LogP contribution in [0.2, 0.25) is 0 Å². The molecule has 3 rings (SSSR count). The minimum Gasteiger partial charge on any atom is -0.308 e. The van der Waals surface area contributed by atoms with Gasteiger partial charge in [-0.3, -0.25) is 14.4 Å². The lowest BCUT2D eigenvalue weighted by molar-refractivity contribution is 0.0979. The van der Waals surface area contributed by atoms with Gasteiger partial charge < -0.3 is 4.90 Å². The van der Waals surface area contributed by atoms with Gasteiger partial charge in [-0.2, -0.15) is 5.10 Å². The predicted octanol–water partition coefficient (Wildman–Crippen LogP) is 2.72. The van der Waals surface area contributed by atoms with Crippen molar-refractivity contribution in [2.24, 2.45) is 0 Å². The standard InChI is InChI=1S/C17H21N5OS/c1-4-21-10-9-14(19-21)16(23)22(12-11-20(2)3)17-18-13-7-5-6-8-15(13)24-17/h5-10H,4,11-12H2,1-3H3. The van der Waals surface area contributed by atoms with Crippen molar-refractivity contribution >= 4 is 32.6 Å². The van der Waals surface area contributed by atoms with Gasteiger partial charge in [-0.1, -0.05) is 23.5 Å². The van der Waals surface area contributed by atoms with Crippen molar-refractivity contribution in [3.63, 3.8) is 0 Å². The Bertz CT molecular complexity index is 805. The van der Waals surface area contributed by atoms with E-state index in [1.54, 1.807) is 15.6 Å². The highest BCUT2D eigenvalue weighted by molar-refractivity contribution is 7.22. The van der Waals surface area contributed by atoms with Crippen molar-refractivity contribution in [1.82, 2.24) is 19.7 Å². The fraction of sp³-hybridized carbons (Fsp3) is 0.353. The number of nitrogens with zero attached hydrogens (tertiary/aromatic N) is 5. The Morgan fingerprint density at radius 1 is 1.21 bits per heavy atom. The highest BCUT2D eigenvalue weighted by Gasteiger charge is 2.23. The monoisotopic (exact) mass is 343 g/mol. The number of carbonyl (C=O) groups is 1. The van der Waals surface area contributed by atoms with Crippen LogP contribution < -0.4 is 4.90 Å². The number of para-hydroxylation sites is 1. The van der Waals surface area contributed by atoms with Gasteiger partial charge in [-0.25, -0.2) is 4.98 Å². The van der Waals surface area contributed by atoms with Crippen molar-refractivity contribution in [3.8, 4) is 0 Å². The van der Waals surface area contributed by atoms with Crippen LogP contribution in [0, 0.1) is 0 Å². The summed E-state index contributed by atoms with van der Waals surface area (Å²) in [5.74, 6) is -0.108. The summed E-state index contributed by atoms with van der Waals surface area (Å²) in [5, 5.41) is 5.06. The molecule has 0 aliphatic rings. The third-order valence-electron chi connectivity index (χ3n) is 3.71. The van der Waals surface area contributed by atoms with Gasteiger partial charge in [-0.05, 0) is 39.2 Å². The van der Waals surface area contributed by atoms with Crippen LogP contribution in [-0.4, -0.2) is 52.8 Å². The van der Waals surface area contributed by atoms with Crippen molar-refractivity contribution in [2.75, 3.05) is 32.1 Å². The second-order valence-corrected chi connectivity index (χ2v) is 6.79. The molecule has 0 radical (unpaired) electrons. The number of hydrogen-bond acceptors (Lipinski definition) is 5. The number of likely N-dealkylation sites (N-methyl/N-ethyl adjacent to an activating group) is 1. The number of amides is 1. The van der Waals surface area contributed by atoms with Gasteiger partial charge in [0, 0.05) is 25.8 Å². The van der Waals surface area contributed by atoms with Gasteiger partial charge in [-0.15, -0.1) is 0 Å². The maximum Gasteiger partial charge on any atom is 0.280 e. The molecule has 24 heavy (non-hydrogen) atoms. The number of carbonyl (C=O) groups excluding carboxylic acids is 1. The van der Waals surface area contributed by atoms with Crippen LogP contribution >= 0.6 is 11.3 Å². The molecule has 126 valence electrons. The van der Waals surface area contributed by atoms with Crippen LogP contribution in [0.5, 0.6) is 0 Å². The number of aryl methyl sites for hydroxylation is 1. The molecule has 0 aliphatic carbocycles. The Hall–Kier alpha value is -2.25. The van der Waals surface area contributed by atoms with Gasteiger partial charge in [0.05, 0.1) is 10.2 Å². The third-order valence-corrected chi connectivity index (χ3v) is 4.77. The van der Waals surface area contributed by atoms with Crippen molar-refractivity contribution < 1.29 is 4.79 Å². The topological polar surface area (TPSA) is 54.3 Å². The van der Waals surface area contributed by atoms with Crippen molar-refractivity contribution in [1.29, 1.82) is 0 Å². The van der Waals surface area contributed by atoms with E-state index < -0.39 is 0 Å². The summed E-state index contributed by atoms with van der Waals surface area (Å²) < 4.78 is 2.84. The van der Waals surface area contributed by atoms with E-state index in [0.717, 1.165) is 23.3 Å². The summed E-state index contributed by atoms with van der Waals surface area (Å²) in [6, 6.07) is 9.70. The molecule has 0 N–H and O–H groups in total. The molecule has 1 amide bonds. The maximum atomic E-state index is 13.0. The van der Waals surface area contributed by atoms with Crippen molar-refractivity contribution in [3.05, 3.63) is 42.2 Å². The first-order valence-corrected chi connectivity index (χ1v) is 8.75. The van der Waals surface area contributed by atoms with Crippen LogP contribution in [0.4, 0.5) is 5.13 Å². The number of anilines is 1. The Balaban J connectivity index is 1.94. The molecule has 2 heterocycles. The number of thiazole rings is 1. The molecule has 0 spiro atoms. The molecule has 0 saturated carbocycles. The van der Waals surface area contributed by atoms with Crippen LogP contribution in [0.25, 0.3) is 10.2 Å². The second kappa shape index (κ2) is 7.11. The van der Waals surface area contributed by atoms with E-state index in [0.29, 0.717) is 17.4 Å². The molecule has 0 saturated heterocycles. The number of fused-ring (bicyclic) bond motifs is 1. The lowest BCUT2D eigenvalue weighted by atomic mass is 10.3. The maximum absolute atomic E-state index is 13.0. The molecule has 0 fully saturated rings. The normalized spacial score (nSPS) is 11.3. The summed E-state index contributed by atoms with van der Waals surface area (Å²) in [6.45, 7) is 4.07. The zero-order valence-corrected chi connectivity index (χ0v) is 15.0. The van der Waals surface area contributed by atoms with Crippen LogP contribution in [-0.2, 0) is 6.54 Å². The molecule has 2 aromatic heterocycles. The minimum absolute atomic E-state index is 0.108. The molecule has 7 heteroatoms. The molecule has 0 unspecified atom stereocenters.